The normalized spacial score (nSPS) is 13.1. The van der Waals surface area contributed by atoms with E-state index in [4.69, 9.17) is 9.47 Å². The number of nitrogens with zero attached hydrogens (tertiary/aromatic N) is 4. The van der Waals surface area contributed by atoms with Crippen LogP contribution in [-0.4, -0.2) is 45.7 Å². The van der Waals surface area contributed by atoms with Gasteiger partial charge in [-0.3, -0.25) is 19.1 Å². The molecule has 1 aliphatic heterocycles. The second-order valence-electron chi connectivity index (χ2n) is 8.28. The van der Waals surface area contributed by atoms with E-state index in [1.54, 1.807) is 47.0 Å². The summed E-state index contributed by atoms with van der Waals surface area (Å²) in [6, 6.07) is 8.66. The molecule has 1 amide bonds. The predicted octanol–water partition coefficient (Wildman–Crippen LogP) is 2.58. The maximum atomic E-state index is 13.8. The Morgan fingerprint density at radius 2 is 1.94 bits per heavy atom. The van der Waals surface area contributed by atoms with Gasteiger partial charge < -0.3 is 14.4 Å². The molecule has 0 atom stereocenters. The number of thiophene rings is 1. The molecule has 0 saturated carbocycles. The zero-order chi connectivity index (χ0) is 24.7. The Hall–Kier alpha value is -3.92. The largest absolute Gasteiger partial charge is 0.493 e. The number of methoxy groups -OCH3 is 2. The summed E-state index contributed by atoms with van der Waals surface area (Å²) in [5, 5.41) is 0.520. The molecule has 0 radical (unpaired) electrons. The highest BCUT2D eigenvalue weighted by molar-refractivity contribution is 7.18. The van der Waals surface area contributed by atoms with Crippen molar-refractivity contribution >= 4 is 27.5 Å². The van der Waals surface area contributed by atoms with Crippen LogP contribution in [-0.2, 0) is 24.3 Å². The van der Waals surface area contributed by atoms with Gasteiger partial charge in [-0.2, -0.15) is 0 Å². The van der Waals surface area contributed by atoms with Crippen molar-refractivity contribution in [1.82, 2.24) is 19.0 Å². The Kier molecular flexibility index (Phi) is 5.89. The lowest BCUT2D eigenvalue weighted by molar-refractivity contribution is -0.129. The van der Waals surface area contributed by atoms with Gasteiger partial charge in [-0.1, -0.05) is 6.07 Å². The molecule has 180 valence electrons. The number of amides is 1. The lowest BCUT2D eigenvalue weighted by atomic mass is 10.1. The smallest absolute Gasteiger partial charge is 0.337 e. The number of rotatable bonds is 5. The Balaban J connectivity index is 1.79. The first kappa shape index (κ1) is 22.9. The third kappa shape index (κ3) is 3.89. The molecule has 4 aromatic rings. The summed E-state index contributed by atoms with van der Waals surface area (Å²) in [5.41, 5.74) is 1.29. The molecule has 0 bridgehead atoms. The summed E-state index contributed by atoms with van der Waals surface area (Å²) in [4.78, 5) is 47.1. The van der Waals surface area contributed by atoms with Crippen LogP contribution < -0.4 is 20.7 Å². The van der Waals surface area contributed by atoms with Crippen LogP contribution in [0.2, 0.25) is 0 Å². The van der Waals surface area contributed by atoms with Crippen molar-refractivity contribution < 1.29 is 14.3 Å². The van der Waals surface area contributed by atoms with Gasteiger partial charge in [0.25, 0.3) is 5.56 Å². The van der Waals surface area contributed by atoms with Crippen molar-refractivity contribution in [3.05, 3.63) is 79.6 Å². The Labute approximate surface area is 204 Å². The number of carbonyl (C=O) groups is 1. The average molecular weight is 493 g/mol. The first-order chi connectivity index (χ1) is 16.9. The molecule has 5 rings (SSSR count). The SMILES string of the molecule is COc1ccc(-n2c(=O)c3c4c(sc3n(Cc3cccnc3)c2=O)CN(C(C)=O)CC4)cc1OC. The van der Waals surface area contributed by atoms with Crippen molar-refractivity contribution in [2.75, 3.05) is 20.8 Å². The topological polar surface area (TPSA) is 95.7 Å². The number of fused-ring (bicyclic) bond motifs is 3. The van der Waals surface area contributed by atoms with Crippen LogP contribution in [0.4, 0.5) is 0 Å². The van der Waals surface area contributed by atoms with Gasteiger partial charge >= 0.3 is 5.69 Å². The Morgan fingerprint density at radius 3 is 2.63 bits per heavy atom. The standard InChI is InChI=1S/C25H24N4O5S/c1-15(30)27-10-8-18-21(14-27)35-24-22(18)23(31)29(17-6-7-19(33-2)20(11-17)34-3)25(32)28(24)13-16-5-4-9-26-12-16/h4-7,9,11-12H,8,10,13-14H2,1-3H3. The van der Waals surface area contributed by atoms with Gasteiger partial charge in [-0.15, -0.1) is 11.3 Å². The van der Waals surface area contributed by atoms with E-state index < -0.39 is 5.69 Å². The number of aromatic nitrogens is 3. The molecule has 1 aromatic carbocycles. The minimum atomic E-state index is -0.458. The van der Waals surface area contributed by atoms with E-state index in [0.29, 0.717) is 46.9 Å². The highest BCUT2D eigenvalue weighted by Crippen LogP contribution is 2.34. The third-order valence-electron chi connectivity index (χ3n) is 6.26. The summed E-state index contributed by atoms with van der Waals surface area (Å²) in [6.45, 7) is 2.76. The summed E-state index contributed by atoms with van der Waals surface area (Å²) in [7, 11) is 3.03. The fourth-order valence-corrected chi connectivity index (χ4v) is 5.83. The number of hydrogen-bond acceptors (Lipinski definition) is 7. The van der Waals surface area contributed by atoms with E-state index in [9.17, 15) is 14.4 Å². The summed E-state index contributed by atoms with van der Waals surface area (Å²) < 4.78 is 13.5. The molecular formula is C25H24N4O5S. The molecule has 0 saturated heterocycles. The lowest BCUT2D eigenvalue weighted by Gasteiger charge is -2.25. The maximum absolute atomic E-state index is 13.8. The maximum Gasteiger partial charge on any atom is 0.337 e. The second kappa shape index (κ2) is 9.03. The zero-order valence-electron chi connectivity index (χ0n) is 19.6. The van der Waals surface area contributed by atoms with Crippen molar-refractivity contribution in [1.29, 1.82) is 0 Å². The van der Waals surface area contributed by atoms with Crippen molar-refractivity contribution in [2.24, 2.45) is 0 Å². The van der Waals surface area contributed by atoms with Crippen LogP contribution in [0.3, 0.4) is 0 Å². The van der Waals surface area contributed by atoms with Crippen molar-refractivity contribution in [3.8, 4) is 17.2 Å². The highest BCUT2D eigenvalue weighted by atomic mass is 32.1. The molecular weight excluding hydrogens is 468 g/mol. The quantitative estimate of drug-likeness (QED) is 0.425. The predicted molar refractivity (Wildman–Crippen MR) is 133 cm³/mol. The molecule has 10 heteroatoms. The van der Waals surface area contributed by atoms with Gasteiger partial charge in [0.15, 0.2) is 11.5 Å². The molecule has 9 nitrogen and oxygen atoms in total. The van der Waals surface area contributed by atoms with E-state index in [1.807, 2.05) is 12.1 Å². The van der Waals surface area contributed by atoms with Gasteiger partial charge in [0.2, 0.25) is 5.91 Å². The van der Waals surface area contributed by atoms with Crippen LogP contribution in [0.25, 0.3) is 15.9 Å². The minimum Gasteiger partial charge on any atom is -0.493 e. The van der Waals surface area contributed by atoms with E-state index in [-0.39, 0.29) is 18.0 Å². The van der Waals surface area contributed by atoms with Gasteiger partial charge in [0, 0.05) is 36.8 Å². The molecule has 0 spiro atoms. The zero-order valence-corrected chi connectivity index (χ0v) is 20.4. The Bertz CT molecular complexity index is 1550. The first-order valence-corrected chi connectivity index (χ1v) is 11.9. The minimum absolute atomic E-state index is 0.0106. The second-order valence-corrected chi connectivity index (χ2v) is 9.37. The lowest BCUT2D eigenvalue weighted by Crippen LogP contribution is -2.39. The number of ether oxygens (including phenoxy) is 2. The van der Waals surface area contributed by atoms with Crippen LogP contribution in [0.5, 0.6) is 11.5 Å². The summed E-state index contributed by atoms with van der Waals surface area (Å²) in [5.74, 6) is 0.904. The van der Waals surface area contributed by atoms with Crippen LogP contribution in [0, 0.1) is 0 Å². The van der Waals surface area contributed by atoms with Gasteiger partial charge in [-0.05, 0) is 35.7 Å². The van der Waals surface area contributed by atoms with Crippen molar-refractivity contribution in [3.63, 3.8) is 0 Å². The van der Waals surface area contributed by atoms with Crippen LogP contribution >= 0.6 is 11.3 Å². The Morgan fingerprint density at radius 1 is 1.14 bits per heavy atom. The number of carbonyl (C=O) groups excluding carboxylic acids is 1. The molecule has 1 aliphatic rings. The average Bonchev–Trinajstić information content (AvgIpc) is 3.26. The molecule has 0 aliphatic carbocycles. The highest BCUT2D eigenvalue weighted by Gasteiger charge is 2.27. The molecule has 0 N–H and O–H groups in total. The van der Waals surface area contributed by atoms with Crippen LogP contribution in [0.15, 0.2) is 52.3 Å². The fourth-order valence-electron chi connectivity index (χ4n) is 4.48. The first-order valence-electron chi connectivity index (χ1n) is 11.1. The number of hydrogen-bond donors (Lipinski definition) is 0. The van der Waals surface area contributed by atoms with E-state index in [2.05, 4.69) is 4.98 Å². The van der Waals surface area contributed by atoms with Gasteiger partial charge in [0.05, 0.1) is 38.4 Å². The fraction of sp³-hybridized carbons (Fsp3) is 0.280. The monoisotopic (exact) mass is 492 g/mol. The number of pyridine rings is 1. The molecule has 35 heavy (non-hydrogen) atoms. The molecule has 0 fully saturated rings. The van der Waals surface area contributed by atoms with Gasteiger partial charge in [-0.25, -0.2) is 9.36 Å². The molecule has 0 unspecified atom stereocenters. The van der Waals surface area contributed by atoms with Gasteiger partial charge in [0.1, 0.15) is 4.83 Å². The van der Waals surface area contributed by atoms with Crippen molar-refractivity contribution in [2.45, 2.75) is 26.4 Å². The van der Waals surface area contributed by atoms with E-state index >= 15 is 0 Å². The number of benzene rings is 1. The van der Waals surface area contributed by atoms with Crippen LogP contribution in [0.1, 0.15) is 22.9 Å². The molecule has 3 aromatic heterocycles. The van der Waals surface area contributed by atoms with E-state index in [0.717, 1.165) is 16.0 Å². The summed E-state index contributed by atoms with van der Waals surface area (Å²) in [6.07, 6.45) is 3.93. The summed E-state index contributed by atoms with van der Waals surface area (Å²) >= 11 is 1.40. The third-order valence-corrected chi connectivity index (χ3v) is 7.50. The van der Waals surface area contributed by atoms with E-state index in [1.165, 1.54) is 30.1 Å². The molecule has 4 heterocycles.